The van der Waals surface area contributed by atoms with Gasteiger partial charge in [-0.1, -0.05) is 146 Å². The van der Waals surface area contributed by atoms with E-state index in [2.05, 4.69) is 168 Å². The van der Waals surface area contributed by atoms with Crippen LogP contribution in [0.3, 0.4) is 0 Å². The lowest BCUT2D eigenvalue weighted by molar-refractivity contribution is 0.667. The molecule has 0 fully saturated rings. The van der Waals surface area contributed by atoms with Gasteiger partial charge in [0.1, 0.15) is 5.58 Å². The van der Waals surface area contributed by atoms with Crippen LogP contribution in [-0.4, -0.2) is 4.57 Å². The third-order valence-corrected chi connectivity index (χ3v) is 12.2. The van der Waals surface area contributed by atoms with Crippen LogP contribution in [0.5, 0.6) is 0 Å². The van der Waals surface area contributed by atoms with E-state index in [1.165, 1.54) is 98.6 Å². The van der Waals surface area contributed by atoms with Crippen LogP contribution < -0.4 is 0 Å². The topological polar surface area (TPSA) is 18.1 Å². The smallest absolute Gasteiger partial charge is 0.160 e. The molecule has 2 aliphatic rings. The quantitative estimate of drug-likeness (QED) is 0.163. The predicted molar refractivity (Wildman–Crippen MR) is 211 cm³/mol. The Morgan fingerprint density at radius 2 is 0.961 bits per heavy atom. The molecular formula is C49H27NO. The standard InChI is InChI=1S/C49H27NO/c1-2-13-29-28(12-1)33-18-11-23-43-45(33)46-34(29)25-27-42(48(46)51-43)50-41-22-10-6-16-32(41)35-24-26-40-44(47(35)50)36-17-5-9-21-39(36)49(40)37-19-7-3-14-30(37)31-15-4-8-20-38(31)49/h1-27H. The fourth-order valence-corrected chi connectivity index (χ4v) is 10.4. The van der Waals surface area contributed by atoms with Gasteiger partial charge in [0, 0.05) is 27.1 Å². The highest BCUT2D eigenvalue weighted by atomic mass is 16.3. The normalized spacial score (nSPS) is 14.0. The molecule has 0 bridgehead atoms. The van der Waals surface area contributed by atoms with Crippen molar-refractivity contribution in [2.24, 2.45) is 0 Å². The van der Waals surface area contributed by atoms with E-state index in [9.17, 15) is 0 Å². The van der Waals surface area contributed by atoms with Gasteiger partial charge >= 0.3 is 0 Å². The molecule has 2 heterocycles. The van der Waals surface area contributed by atoms with E-state index < -0.39 is 5.41 Å². The Balaban J connectivity index is 1.24. The first kappa shape index (κ1) is 26.3. The Bertz CT molecular complexity index is 3270. The van der Waals surface area contributed by atoms with Crippen molar-refractivity contribution in [2.75, 3.05) is 0 Å². The van der Waals surface area contributed by atoms with Crippen molar-refractivity contribution in [1.29, 1.82) is 0 Å². The molecule has 51 heavy (non-hydrogen) atoms. The zero-order chi connectivity index (χ0) is 33.0. The van der Waals surface area contributed by atoms with Crippen LogP contribution >= 0.6 is 0 Å². The van der Waals surface area contributed by atoms with Crippen LogP contribution in [0.1, 0.15) is 22.3 Å². The van der Waals surface area contributed by atoms with Gasteiger partial charge in [-0.05, 0) is 78.7 Å². The fourth-order valence-electron chi connectivity index (χ4n) is 10.4. The molecular weight excluding hydrogens is 619 g/mol. The molecule has 0 atom stereocenters. The molecule has 2 heteroatoms. The lowest BCUT2D eigenvalue weighted by atomic mass is 9.70. The molecule has 0 amide bonds. The Hall–Kier alpha value is -6.64. The third kappa shape index (κ3) is 2.88. The average Bonchev–Trinajstić information content (AvgIpc) is 3.92. The van der Waals surface area contributed by atoms with Crippen molar-refractivity contribution in [1.82, 2.24) is 4.57 Å². The largest absolute Gasteiger partial charge is 0.454 e. The van der Waals surface area contributed by atoms with Gasteiger partial charge < -0.3 is 8.98 Å². The molecule has 2 nitrogen and oxygen atoms in total. The number of aromatic nitrogens is 1. The van der Waals surface area contributed by atoms with Gasteiger partial charge in [-0.3, -0.25) is 0 Å². The number of hydrogen-bond donors (Lipinski definition) is 0. The highest BCUT2D eigenvalue weighted by Crippen LogP contribution is 2.64. The molecule has 1 spiro atoms. The molecule has 0 N–H and O–H groups in total. The summed E-state index contributed by atoms with van der Waals surface area (Å²) in [4.78, 5) is 0. The summed E-state index contributed by atoms with van der Waals surface area (Å²) in [7, 11) is 0. The second kappa shape index (κ2) is 8.93. The molecule has 0 unspecified atom stereocenters. The summed E-state index contributed by atoms with van der Waals surface area (Å²) in [6.45, 7) is 0. The van der Waals surface area contributed by atoms with Crippen molar-refractivity contribution in [3.63, 3.8) is 0 Å². The highest BCUT2D eigenvalue weighted by Gasteiger charge is 2.52. The van der Waals surface area contributed by atoms with Crippen LogP contribution in [0, 0.1) is 0 Å². The Morgan fingerprint density at radius 3 is 1.71 bits per heavy atom. The second-order valence-corrected chi connectivity index (χ2v) is 14.3. The zero-order valence-corrected chi connectivity index (χ0v) is 27.4. The lowest BCUT2D eigenvalue weighted by Gasteiger charge is -2.30. The van der Waals surface area contributed by atoms with Gasteiger partial charge in [0.15, 0.2) is 5.58 Å². The van der Waals surface area contributed by atoms with Crippen molar-refractivity contribution in [3.8, 4) is 27.9 Å². The maximum Gasteiger partial charge on any atom is 0.160 e. The van der Waals surface area contributed by atoms with Gasteiger partial charge in [0.25, 0.3) is 0 Å². The summed E-state index contributed by atoms with van der Waals surface area (Å²) < 4.78 is 9.50. The van der Waals surface area contributed by atoms with Crippen molar-refractivity contribution >= 4 is 65.3 Å². The van der Waals surface area contributed by atoms with E-state index in [1.807, 2.05) is 0 Å². The third-order valence-electron chi connectivity index (χ3n) is 12.2. The monoisotopic (exact) mass is 645 g/mol. The minimum atomic E-state index is -0.410. The first-order valence-corrected chi connectivity index (χ1v) is 17.8. The minimum absolute atomic E-state index is 0.410. The summed E-state index contributed by atoms with van der Waals surface area (Å²) in [5.74, 6) is 0. The molecule has 0 aliphatic heterocycles. The fraction of sp³-hybridized carbons (Fsp3) is 0.0204. The molecule has 2 aliphatic carbocycles. The molecule has 0 saturated carbocycles. The van der Waals surface area contributed by atoms with E-state index in [0.29, 0.717) is 0 Å². The summed E-state index contributed by atoms with van der Waals surface area (Å²) >= 11 is 0. The van der Waals surface area contributed by atoms with Crippen molar-refractivity contribution in [3.05, 3.63) is 186 Å². The lowest BCUT2D eigenvalue weighted by Crippen LogP contribution is -2.25. The van der Waals surface area contributed by atoms with Crippen LogP contribution in [0.15, 0.2) is 168 Å². The van der Waals surface area contributed by atoms with Gasteiger partial charge in [-0.15, -0.1) is 0 Å². The highest BCUT2D eigenvalue weighted by molar-refractivity contribution is 6.34. The molecule has 9 aromatic carbocycles. The van der Waals surface area contributed by atoms with Crippen LogP contribution in [0.25, 0.3) is 93.2 Å². The zero-order valence-electron chi connectivity index (χ0n) is 27.4. The van der Waals surface area contributed by atoms with Crippen LogP contribution in [0.4, 0.5) is 0 Å². The van der Waals surface area contributed by atoms with E-state index in [0.717, 1.165) is 16.9 Å². The molecule has 2 aromatic heterocycles. The SMILES string of the molecule is c1ccc2c(c1)-c1ccccc1C21c2ccccc2-c2c1ccc1c3ccccc3n(-c3ccc4c5ccccc5c5cccc6oc3c4c65)c21. The van der Waals surface area contributed by atoms with Gasteiger partial charge in [0.2, 0.25) is 0 Å². The van der Waals surface area contributed by atoms with E-state index in [1.54, 1.807) is 0 Å². The molecule has 13 rings (SSSR count). The van der Waals surface area contributed by atoms with Gasteiger partial charge in [-0.2, -0.15) is 0 Å². The second-order valence-electron chi connectivity index (χ2n) is 14.3. The first-order valence-electron chi connectivity index (χ1n) is 17.8. The number of para-hydroxylation sites is 1. The number of nitrogens with zero attached hydrogens (tertiary/aromatic N) is 1. The minimum Gasteiger partial charge on any atom is -0.454 e. The maximum atomic E-state index is 6.99. The van der Waals surface area contributed by atoms with Crippen molar-refractivity contribution < 1.29 is 4.42 Å². The van der Waals surface area contributed by atoms with E-state index >= 15 is 0 Å². The first-order chi connectivity index (χ1) is 25.3. The summed E-state index contributed by atoms with van der Waals surface area (Å²) in [5, 5.41) is 9.89. The van der Waals surface area contributed by atoms with Gasteiger partial charge in [0.05, 0.1) is 22.1 Å². The number of hydrogen-bond acceptors (Lipinski definition) is 1. The molecule has 11 aromatic rings. The number of fused-ring (bicyclic) bond motifs is 17. The Kier molecular flexibility index (Phi) is 4.60. The van der Waals surface area contributed by atoms with Gasteiger partial charge in [-0.25, -0.2) is 0 Å². The number of benzene rings is 9. The summed E-state index contributed by atoms with van der Waals surface area (Å²) in [6.07, 6.45) is 0. The van der Waals surface area contributed by atoms with E-state index in [4.69, 9.17) is 4.42 Å². The average molecular weight is 646 g/mol. The van der Waals surface area contributed by atoms with Crippen LogP contribution in [0.2, 0.25) is 0 Å². The maximum absolute atomic E-state index is 6.99. The number of rotatable bonds is 1. The summed E-state index contributed by atoms with van der Waals surface area (Å²) in [6, 6.07) is 60.8. The summed E-state index contributed by atoms with van der Waals surface area (Å²) in [5.41, 5.74) is 15.6. The molecule has 0 radical (unpaired) electrons. The molecule has 0 saturated heterocycles. The molecule has 234 valence electrons. The number of furan rings is 1. The van der Waals surface area contributed by atoms with Crippen molar-refractivity contribution in [2.45, 2.75) is 5.41 Å². The van der Waals surface area contributed by atoms with E-state index in [-0.39, 0.29) is 0 Å². The Labute approximate surface area is 292 Å². The van der Waals surface area contributed by atoms with Crippen LogP contribution in [-0.2, 0) is 5.41 Å². The Morgan fingerprint density at radius 1 is 0.392 bits per heavy atom. The predicted octanol–water partition coefficient (Wildman–Crippen LogP) is 12.8.